The van der Waals surface area contributed by atoms with E-state index in [0.29, 0.717) is 11.4 Å². The minimum Gasteiger partial charge on any atom is -0.481 e. The van der Waals surface area contributed by atoms with Gasteiger partial charge in [-0.3, -0.25) is 14.4 Å². The highest BCUT2D eigenvalue weighted by Gasteiger charge is 2.30. The normalized spacial score (nSPS) is 13.9. The van der Waals surface area contributed by atoms with E-state index in [0.717, 1.165) is 37.1 Å². The molecule has 2 rings (SSSR count). The smallest absolute Gasteiger partial charge is 0.307 e. The number of allylic oxidation sites excluding steroid dienone is 1. The van der Waals surface area contributed by atoms with Crippen molar-refractivity contribution < 1.29 is 19.5 Å². The van der Waals surface area contributed by atoms with Crippen LogP contribution >= 0.6 is 34.8 Å². The Balaban J connectivity index is 1.65. The molecule has 0 spiro atoms. The maximum atomic E-state index is 12.5. The maximum absolute atomic E-state index is 12.5. The lowest BCUT2D eigenvalue weighted by molar-refractivity contribution is -0.144. The van der Waals surface area contributed by atoms with Gasteiger partial charge in [0.25, 0.3) is 5.91 Å². The minimum absolute atomic E-state index is 0.115. The van der Waals surface area contributed by atoms with Crippen molar-refractivity contribution >= 4 is 64.1 Å². The van der Waals surface area contributed by atoms with Crippen LogP contribution in [0, 0.1) is 5.92 Å². The van der Waals surface area contributed by atoms with Gasteiger partial charge in [0, 0.05) is 11.4 Å². The summed E-state index contributed by atoms with van der Waals surface area (Å²) in [5.41, 5.74) is 0.176. The first-order valence-corrected chi connectivity index (χ1v) is 15.0. The SMILES string of the molecule is C=CCCCCCCCCCCCCCC[C@@H](CC(=O)NC1=NN(c2c(Cl)cc(Cl)cc2Cl)C(=O)C1)C(=O)O. The molecule has 39 heavy (non-hydrogen) atoms. The van der Waals surface area contributed by atoms with E-state index in [-0.39, 0.29) is 34.4 Å². The highest BCUT2D eigenvalue weighted by molar-refractivity contribution is 6.42. The van der Waals surface area contributed by atoms with Gasteiger partial charge in [-0.25, -0.2) is 0 Å². The molecule has 0 aliphatic carbocycles. The summed E-state index contributed by atoms with van der Waals surface area (Å²) in [5, 5.41) is 17.9. The lowest BCUT2D eigenvalue weighted by Gasteiger charge is -2.15. The molecule has 1 atom stereocenters. The first-order valence-electron chi connectivity index (χ1n) is 13.9. The van der Waals surface area contributed by atoms with Gasteiger partial charge in [-0.15, -0.1) is 6.58 Å². The monoisotopic (exact) mass is 599 g/mol. The molecule has 1 aromatic rings. The lowest BCUT2D eigenvalue weighted by atomic mass is 9.96. The number of unbranched alkanes of at least 4 members (excludes halogenated alkanes) is 12. The molecular formula is C29H40Cl3N3O4. The Morgan fingerprint density at radius 2 is 1.46 bits per heavy atom. The molecule has 1 aliphatic rings. The standard InChI is InChI=1S/C29H40Cl3N3O4/c1-2-3-4-5-6-7-8-9-10-11-12-13-14-15-16-21(29(38)39)17-26(36)33-25-20-27(37)35(34-25)28-23(31)18-22(30)19-24(28)32/h2,18-19,21H,1,3-17,20H2,(H,38,39)(H,33,34,36)/t21-/m0/s1. The molecule has 7 nitrogen and oxygen atoms in total. The first-order chi connectivity index (χ1) is 18.7. The zero-order valence-electron chi connectivity index (χ0n) is 22.5. The summed E-state index contributed by atoms with van der Waals surface area (Å²) in [6, 6.07) is 2.88. The Hall–Kier alpha value is -2.09. The number of hydrazone groups is 1. The number of amidine groups is 1. The average molecular weight is 601 g/mol. The topological polar surface area (TPSA) is 99.1 Å². The van der Waals surface area contributed by atoms with Gasteiger partial charge in [0.2, 0.25) is 5.91 Å². The average Bonchev–Trinajstić information content (AvgIpc) is 3.21. The minimum atomic E-state index is -1.000. The van der Waals surface area contributed by atoms with E-state index < -0.39 is 23.7 Å². The van der Waals surface area contributed by atoms with Gasteiger partial charge < -0.3 is 10.4 Å². The fourth-order valence-electron chi connectivity index (χ4n) is 4.61. The Kier molecular flexibility index (Phi) is 15.5. The van der Waals surface area contributed by atoms with Crippen LogP contribution in [0.3, 0.4) is 0 Å². The van der Waals surface area contributed by atoms with Crippen LogP contribution in [0.15, 0.2) is 29.9 Å². The highest BCUT2D eigenvalue weighted by Crippen LogP contribution is 2.38. The van der Waals surface area contributed by atoms with E-state index in [4.69, 9.17) is 34.8 Å². The van der Waals surface area contributed by atoms with Crippen LogP contribution in [-0.2, 0) is 14.4 Å². The number of rotatable bonds is 19. The van der Waals surface area contributed by atoms with Crippen molar-refractivity contribution in [3.05, 3.63) is 39.9 Å². The summed E-state index contributed by atoms with van der Waals surface area (Å²) in [5.74, 6) is -2.59. The summed E-state index contributed by atoms with van der Waals surface area (Å²) in [6.45, 7) is 3.75. The van der Waals surface area contributed by atoms with E-state index in [1.165, 1.54) is 63.5 Å². The van der Waals surface area contributed by atoms with Gasteiger partial charge in [-0.05, 0) is 31.4 Å². The molecule has 2 amide bonds. The van der Waals surface area contributed by atoms with Crippen molar-refractivity contribution in [2.45, 2.75) is 103 Å². The van der Waals surface area contributed by atoms with Crippen LogP contribution in [0.1, 0.15) is 103 Å². The largest absolute Gasteiger partial charge is 0.481 e. The summed E-state index contributed by atoms with van der Waals surface area (Å²) in [4.78, 5) is 36.7. The number of carboxylic acid groups (broad SMARTS) is 1. The summed E-state index contributed by atoms with van der Waals surface area (Å²) in [6.07, 6.45) is 17.4. The van der Waals surface area contributed by atoms with E-state index in [2.05, 4.69) is 17.0 Å². The summed E-state index contributed by atoms with van der Waals surface area (Å²) >= 11 is 18.3. The lowest BCUT2D eigenvalue weighted by Crippen LogP contribution is -2.32. The van der Waals surface area contributed by atoms with E-state index in [1.807, 2.05) is 6.08 Å². The second-order valence-corrected chi connectivity index (χ2v) is 11.3. The van der Waals surface area contributed by atoms with Crippen molar-refractivity contribution in [1.29, 1.82) is 0 Å². The molecule has 10 heteroatoms. The highest BCUT2D eigenvalue weighted by atomic mass is 35.5. The van der Waals surface area contributed by atoms with Crippen LogP contribution < -0.4 is 10.3 Å². The summed E-state index contributed by atoms with van der Waals surface area (Å²) < 4.78 is 0. The summed E-state index contributed by atoms with van der Waals surface area (Å²) in [7, 11) is 0. The van der Waals surface area contributed by atoms with Crippen LogP contribution in [0.4, 0.5) is 5.69 Å². The van der Waals surface area contributed by atoms with Crippen molar-refractivity contribution in [2.24, 2.45) is 11.0 Å². The fourth-order valence-corrected chi connectivity index (χ4v) is 5.58. The first kappa shape index (κ1) is 33.1. The molecule has 1 aromatic carbocycles. The Bertz CT molecular complexity index is 992. The van der Waals surface area contributed by atoms with Crippen molar-refractivity contribution in [2.75, 3.05) is 5.01 Å². The maximum Gasteiger partial charge on any atom is 0.307 e. The van der Waals surface area contributed by atoms with E-state index >= 15 is 0 Å². The zero-order chi connectivity index (χ0) is 28.6. The number of anilines is 1. The zero-order valence-corrected chi connectivity index (χ0v) is 24.8. The number of nitrogens with one attached hydrogen (secondary N) is 1. The quantitative estimate of drug-likeness (QED) is 0.123. The molecule has 1 heterocycles. The van der Waals surface area contributed by atoms with E-state index in [1.54, 1.807) is 0 Å². The van der Waals surface area contributed by atoms with Gasteiger partial charge in [-0.1, -0.05) is 112 Å². The van der Waals surface area contributed by atoms with Crippen LogP contribution in [-0.4, -0.2) is 28.7 Å². The van der Waals surface area contributed by atoms with Crippen molar-refractivity contribution in [3.8, 4) is 0 Å². The molecule has 0 saturated carbocycles. The van der Waals surface area contributed by atoms with Gasteiger partial charge in [-0.2, -0.15) is 10.1 Å². The van der Waals surface area contributed by atoms with Crippen LogP contribution in [0.5, 0.6) is 0 Å². The number of benzene rings is 1. The number of aliphatic carboxylic acids is 1. The second-order valence-electron chi connectivity index (χ2n) is 10.0. The Morgan fingerprint density at radius 3 is 1.97 bits per heavy atom. The molecule has 2 N–H and O–H groups in total. The Morgan fingerprint density at radius 1 is 0.949 bits per heavy atom. The van der Waals surface area contributed by atoms with E-state index in [9.17, 15) is 19.5 Å². The molecular weight excluding hydrogens is 561 g/mol. The third-order valence-electron chi connectivity index (χ3n) is 6.74. The number of carbonyl (C=O) groups is 3. The van der Waals surface area contributed by atoms with Crippen LogP contribution in [0.25, 0.3) is 0 Å². The number of carbonyl (C=O) groups excluding carboxylic acids is 2. The Labute approximate surface area is 246 Å². The van der Waals surface area contributed by atoms with Crippen LogP contribution in [0.2, 0.25) is 15.1 Å². The number of carboxylic acids is 1. The molecule has 0 bridgehead atoms. The van der Waals surface area contributed by atoms with Gasteiger partial charge in [0.05, 0.1) is 22.4 Å². The number of hydrogen-bond acceptors (Lipinski definition) is 4. The van der Waals surface area contributed by atoms with Crippen molar-refractivity contribution in [3.63, 3.8) is 0 Å². The number of hydrogen-bond donors (Lipinski definition) is 2. The predicted octanol–water partition coefficient (Wildman–Crippen LogP) is 8.55. The molecule has 0 saturated heterocycles. The van der Waals surface area contributed by atoms with Gasteiger partial charge >= 0.3 is 5.97 Å². The molecule has 0 unspecified atom stereocenters. The number of amides is 2. The third-order valence-corrected chi connectivity index (χ3v) is 7.54. The molecule has 0 fully saturated rings. The number of halogens is 3. The third kappa shape index (κ3) is 12.3. The van der Waals surface area contributed by atoms with Gasteiger partial charge in [0.15, 0.2) is 0 Å². The van der Waals surface area contributed by atoms with Gasteiger partial charge in [0.1, 0.15) is 11.5 Å². The van der Waals surface area contributed by atoms with Crippen molar-refractivity contribution in [1.82, 2.24) is 5.32 Å². The predicted molar refractivity (Wildman–Crippen MR) is 160 cm³/mol. The fraction of sp³-hybridized carbons (Fsp3) is 0.586. The molecule has 1 aliphatic heterocycles. The second kappa shape index (κ2) is 18.3. The molecule has 216 valence electrons. The molecule has 0 radical (unpaired) electrons. The molecule has 0 aromatic heterocycles. The number of nitrogens with zero attached hydrogens (tertiary/aromatic N) is 2.